The van der Waals surface area contributed by atoms with Gasteiger partial charge in [-0.25, -0.2) is 4.39 Å². The minimum absolute atomic E-state index is 0.125. The predicted molar refractivity (Wildman–Crippen MR) is 108 cm³/mol. The van der Waals surface area contributed by atoms with Gasteiger partial charge in [0.1, 0.15) is 11.9 Å². The molecule has 0 fully saturated rings. The minimum atomic E-state index is -0.359. The molecule has 0 aromatic heterocycles. The molecule has 0 saturated heterocycles. The van der Waals surface area contributed by atoms with Crippen molar-refractivity contribution in [3.05, 3.63) is 59.4 Å². The summed E-state index contributed by atoms with van der Waals surface area (Å²) in [6, 6.07) is 11.3. The number of halogens is 1. The monoisotopic (exact) mass is 387 g/mol. The van der Waals surface area contributed by atoms with Crippen LogP contribution >= 0.6 is 11.8 Å². The lowest BCUT2D eigenvalue weighted by atomic mass is 10.1. The number of hydrogen-bond donors (Lipinski definition) is 3. The van der Waals surface area contributed by atoms with Crippen molar-refractivity contribution >= 4 is 35.0 Å². The highest BCUT2D eigenvalue weighted by atomic mass is 32.2. The van der Waals surface area contributed by atoms with Gasteiger partial charge in [0.25, 0.3) is 5.91 Å². The molecule has 0 aliphatic carbocycles. The van der Waals surface area contributed by atoms with Crippen molar-refractivity contribution in [1.82, 2.24) is 5.32 Å². The second kappa shape index (κ2) is 8.90. The summed E-state index contributed by atoms with van der Waals surface area (Å²) in [4.78, 5) is 24.4. The molecule has 27 heavy (non-hydrogen) atoms. The molecule has 0 bridgehead atoms. The van der Waals surface area contributed by atoms with Crippen molar-refractivity contribution in [1.29, 1.82) is 0 Å². The van der Waals surface area contributed by atoms with E-state index < -0.39 is 0 Å². The largest absolute Gasteiger partial charge is 0.371 e. The molecule has 1 heterocycles. The van der Waals surface area contributed by atoms with Gasteiger partial charge in [-0.3, -0.25) is 9.59 Å². The van der Waals surface area contributed by atoms with Crippen molar-refractivity contribution in [2.45, 2.75) is 25.1 Å². The summed E-state index contributed by atoms with van der Waals surface area (Å²) in [6.45, 7) is 2.61. The van der Waals surface area contributed by atoms with E-state index in [0.717, 1.165) is 17.7 Å². The summed E-state index contributed by atoms with van der Waals surface area (Å²) in [6.07, 6.45) is 0.867. The summed E-state index contributed by atoms with van der Waals surface area (Å²) in [5, 5.41) is 8.92. The van der Waals surface area contributed by atoms with E-state index in [4.69, 9.17) is 0 Å². The molecule has 2 aromatic carbocycles. The third kappa shape index (κ3) is 5.01. The lowest BCUT2D eigenvalue weighted by Gasteiger charge is -2.27. The first-order valence-electron chi connectivity index (χ1n) is 8.88. The molecule has 5 nitrogen and oxygen atoms in total. The lowest BCUT2D eigenvalue weighted by Crippen LogP contribution is -2.40. The second-order valence-corrected chi connectivity index (χ2v) is 7.37. The van der Waals surface area contributed by atoms with Crippen LogP contribution in [0.4, 0.5) is 15.8 Å². The number of fused-ring (bicyclic) bond motifs is 1. The molecule has 142 valence electrons. The number of nitrogens with one attached hydrogen (secondary N) is 3. The Labute approximate surface area is 162 Å². The molecular formula is C20H22FN3O2S. The zero-order valence-corrected chi connectivity index (χ0v) is 15.9. The quantitative estimate of drug-likeness (QED) is 0.679. The third-order valence-electron chi connectivity index (χ3n) is 4.19. The summed E-state index contributed by atoms with van der Waals surface area (Å²) in [5.74, 6) is 0.763. The molecule has 1 atom stereocenters. The van der Waals surface area contributed by atoms with E-state index in [0.29, 0.717) is 29.3 Å². The Morgan fingerprint density at radius 1 is 1.19 bits per heavy atom. The van der Waals surface area contributed by atoms with Gasteiger partial charge >= 0.3 is 0 Å². The Bertz CT molecular complexity index is 826. The van der Waals surface area contributed by atoms with Gasteiger partial charge < -0.3 is 16.0 Å². The average Bonchev–Trinajstić information content (AvgIpc) is 2.67. The van der Waals surface area contributed by atoms with Gasteiger partial charge in [-0.1, -0.05) is 19.1 Å². The van der Waals surface area contributed by atoms with Gasteiger partial charge in [0.2, 0.25) is 5.91 Å². The van der Waals surface area contributed by atoms with Crippen molar-refractivity contribution in [3.63, 3.8) is 0 Å². The normalized spacial score (nSPS) is 15.5. The van der Waals surface area contributed by atoms with Crippen molar-refractivity contribution in [2.75, 3.05) is 22.9 Å². The maximum Gasteiger partial charge on any atom is 0.251 e. The van der Waals surface area contributed by atoms with Crippen LogP contribution in [-0.2, 0) is 10.5 Å². The molecule has 1 unspecified atom stereocenters. The van der Waals surface area contributed by atoms with E-state index in [-0.39, 0.29) is 23.7 Å². The number of carbonyl (C=O) groups excluding carboxylic acids is 2. The van der Waals surface area contributed by atoms with Crippen molar-refractivity contribution < 1.29 is 14.0 Å². The Hall–Kier alpha value is -2.54. The van der Waals surface area contributed by atoms with E-state index in [2.05, 4.69) is 16.0 Å². The standard InChI is InChI=1S/C20H22FN3O2S/c1-2-9-22-19(25)14-5-8-16-17(10-14)24-20(26)18(23-16)12-27-11-13-3-6-15(21)7-4-13/h3-8,10,18,23H,2,9,11-12H2,1H3,(H,22,25)(H,24,26). The van der Waals surface area contributed by atoms with Gasteiger partial charge in [-0.05, 0) is 42.3 Å². The summed E-state index contributed by atoms with van der Waals surface area (Å²) in [7, 11) is 0. The van der Waals surface area contributed by atoms with E-state index in [9.17, 15) is 14.0 Å². The summed E-state index contributed by atoms with van der Waals surface area (Å²) < 4.78 is 12.9. The zero-order valence-electron chi connectivity index (χ0n) is 15.0. The van der Waals surface area contributed by atoms with Gasteiger partial charge in [0.15, 0.2) is 0 Å². The fourth-order valence-corrected chi connectivity index (χ4v) is 3.74. The topological polar surface area (TPSA) is 70.2 Å². The van der Waals surface area contributed by atoms with Crippen LogP contribution in [0.15, 0.2) is 42.5 Å². The van der Waals surface area contributed by atoms with Crippen molar-refractivity contribution in [3.8, 4) is 0 Å². The average molecular weight is 387 g/mol. The molecule has 7 heteroatoms. The number of rotatable bonds is 7. The van der Waals surface area contributed by atoms with Gasteiger partial charge in [0.05, 0.1) is 11.4 Å². The smallest absolute Gasteiger partial charge is 0.251 e. The van der Waals surface area contributed by atoms with E-state index in [1.807, 2.05) is 13.0 Å². The van der Waals surface area contributed by atoms with Crippen LogP contribution in [0, 0.1) is 5.82 Å². The van der Waals surface area contributed by atoms with E-state index in [1.54, 1.807) is 36.0 Å². The second-order valence-electron chi connectivity index (χ2n) is 6.34. The number of carbonyl (C=O) groups is 2. The minimum Gasteiger partial charge on any atom is -0.371 e. The third-order valence-corrected chi connectivity index (χ3v) is 5.29. The maximum atomic E-state index is 12.9. The van der Waals surface area contributed by atoms with Gasteiger partial charge in [-0.15, -0.1) is 0 Å². The van der Waals surface area contributed by atoms with Crippen molar-refractivity contribution in [2.24, 2.45) is 0 Å². The maximum absolute atomic E-state index is 12.9. The Morgan fingerprint density at radius 3 is 2.70 bits per heavy atom. The highest BCUT2D eigenvalue weighted by Gasteiger charge is 2.25. The van der Waals surface area contributed by atoms with Crippen LogP contribution in [-0.4, -0.2) is 30.2 Å². The Kier molecular flexibility index (Phi) is 6.34. The number of amides is 2. The van der Waals surface area contributed by atoms with Crippen LogP contribution in [0.25, 0.3) is 0 Å². The number of benzene rings is 2. The van der Waals surface area contributed by atoms with Crippen LogP contribution in [0.1, 0.15) is 29.3 Å². The first kappa shape index (κ1) is 19.2. The van der Waals surface area contributed by atoms with Crippen LogP contribution in [0.2, 0.25) is 0 Å². The van der Waals surface area contributed by atoms with E-state index >= 15 is 0 Å². The molecule has 1 aliphatic heterocycles. The Morgan fingerprint density at radius 2 is 1.96 bits per heavy atom. The zero-order chi connectivity index (χ0) is 19.2. The summed E-state index contributed by atoms with van der Waals surface area (Å²) in [5.41, 5.74) is 2.95. The fraction of sp³-hybridized carbons (Fsp3) is 0.300. The first-order chi connectivity index (χ1) is 13.1. The highest BCUT2D eigenvalue weighted by Crippen LogP contribution is 2.29. The molecule has 0 spiro atoms. The van der Waals surface area contributed by atoms with Crippen LogP contribution < -0.4 is 16.0 Å². The molecule has 2 amide bonds. The first-order valence-corrected chi connectivity index (χ1v) is 10.0. The van der Waals surface area contributed by atoms with Gasteiger partial charge in [0, 0.05) is 23.6 Å². The molecule has 3 N–H and O–H groups in total. The molecule has 0 radical (unpaired) electrons. The molecule has 2 aromatic rings. The Balaban J connectivity index is 1.58. The van der Waals surface area contributed by atoms with Crippen LogP contribution in [0.5, 0.6) is 0 Å². The lowest BCUT2D eigenvalue weighted by molar-refractivity contribution is -0.116. The molecule has 0 saturated carbocycles. The van der Waals surface area contributed by atoms with Crippen LogP contribution in [0.3, 0.4) is 0 Å². The predicted octanol–water partition coefficient (Wildman–Crippen LogP) is 3.63. The number of thioether (sulfide) groups is 1. The molecule has 3 rings (SSSR count). The molecule has 1 aliphatic rings. The highest BCUT2D eigenvalue weighted by molar-refractivity contribution is 7.98. The van der Waals surface area contributed by atoms with Gasteiger partial charge in [-0.2, -0.15) is 11.8 Å². The SMILES string of the molecule is CCCNC(=O)c1ccc2c(c1)NC(=O)C(CSCc1ccc(F)cc1)N2. The fourth-order valence-electron chi connectivity index (χ4n) is 2.72. The number of anilines is 2. The number of hydrogen-bond acceptors (Lipinski definition) is 4. The summed E-state index contributed by atoms with van der Waals surface area (Å²) >= 11 is 1.60. The van der Waals surface area contributed by atoms with E-state index in [1.165, 1.54) is 12.1 Å². The molecular weight excluding hydrogens is 365 g/mol.